The van der Waals surface area contributed by atoms with E-state index in [1.165, 1.54) is 49.0 Å². The van der Waals surface area contributed by atoms with E-state index in [1.807, 2.05) is 6.20 Å². The second-order valence-electron chi connectivity index (χ2n) is 5.89. The van der Waals surface area contributed by atoms with Gasteiger partial charge in [-0.3, -0.25) is 0 Å². The van der Waals surface area contributed by atoms with Gasteiger partial charge in [-0.1, -0.05) is 19.8 Å². The van der Waals surface area contributed by atoms with Crippen LogP contribution in [0.5, 0.6) is 0 Å². The number of hydrogen-bond acceptors (Lipinski definition) is 3. The molecule has 3 nitrogen and oxygen atoms in total. The predicted octanol–water partition coefficient (Wildman–Crippen LogP) is 3.66. The van der Waals surface area contributed by atoms with Crippen molar-refractivity contribution in [1.29, 1.82) is 0 Å². The molecule has 1 fully saturated rings. The molecule has 0 spiro atoms. The Kier molecular flexibility index (Phi) is 5.84. The minimum absolute atomic E-state index is 0.704. The summed E-state index contributed by atoms with van der Waals surface area (Å²) in [6.07, 6.45) is 8.63. The first-order valence-corrected chi connectivity index (χ1v) is 8.19. The zero-order valence-corrected chi connectivity index (χ0v) is 13.3. The zero-order valence-electron chi connectivity index (χ0n) is 13.3. The highest BCUT2D eigenvalue weighted by Crippen LogP contribution is 2.28. The summed E-state index contributed by atoms with van der Waals surface area (Å²) >= 11 is 0. The van der Waals surface area contributed by atoms with Crippen molar-refractivity contribution in [3.63, 3.8) is 0 Å². The molecular weight excluding hydrogens is 246 g/mol. The lowest BCUT2D eigenvalue weighted by Crippen LogP contribution is -2.34. The first-order chi connectivity index (χ1) is 9.76. The Bertz CT molecular complexity index is 411. The van der Waals surface area contributed by atoms with Crippen LogP contribution in [0.1, 0.15) is 57.1 Å². The molecule has 112 valence electrons. The standard InChI is InChI=1S/C17H29N3/c1-4-10-18-12-15-11-14(3)17(19-13-15)20(5-2)16-8-6-7-9-16/h11,13,16,18H,4-10,12H2,1-3H3. The Balaban J connectivity index is 2.07. The number of aryl methyl sites for hydroxylation is 1. The Morgan fingerprint density at radius 3 is 2.65 bits per heavy atom. The van der Waals surface area contributed by atoms with E-state index in [-0.39, 0.29) is 0 Å². The summed E-state index contributed by atoms with van der Waals surface area (Å²) in [6.45, 7) is 9.70. The summed E-state index contributed by atoms with van der Waals surface area (Å²) < 4.78 is 0. The van der Waals surface area contributed by atoms with E-state index in [1.54, 1.807) is 0 Å². The highest BCUT2D eigenvalue weighted by Gasteiger charge is 2.23. The van der Waals surface area contributed by atoms with E-state index in [0.29, 0.717) is 6.04 Å². The molecule has 1 aromatic heterocycles. The smallest absolute Gasteiger partial charge is 0.131 e. The molecule has 3 heteroatoms. The van der Waals surface area contributed by atoms with Crippen molar-refractivity contribution in [2.45, 2.75) is 65.5 Å². The SMILES string of the molecule is CCCNCc1cnc(N(CC)C2CCCC2)c(C)c1. The van der Waals surface area contributed by atoms with E-state index in [9.17, 15) is 0 Å². The number of nitrogens with zero attached hydrogens (tertiary/aromatic N) is 2. The van der Waals surface area contributed by atoms with Crippen molar-refractivity contribution in [2.24, 2.45) is 0 Å². The lowest BCUT2D eigenvalue weighted by atomic mass is 10.1. The monoisotopic (exact) mass is 275 g/mol. The van der Waals surface area contributed by atoms with Crippen molar-refractivity contribution in [3.8, 4) is 0 Å². The van der Waals surface area contributed by atoms with Crippen LogP contribution in [0.2, 0.25) is 0 Å². The fourth-order valence-electron chi connectivity index (χ4n) is 3.23. The van der Waals surface area contributed by atoms with E-state index >= 15 is 0 Å². The van der Waals surface area contributed by atoms with E-state index < -0.39 is 0 Å². The summed E-state index contributed by atoms with van der Waals surface area (Å²) in [4.78, 5) is 7.26. The molecule has 0 radical (unpaired) electrons. The van der Waals surface area contributed by atoms with Gasteiger partial charge >= 0.3 is 0 Å². The number of aromatic nitrogens is 1. The number of pyridine rings is 1. The summed E-state index contributed by atoms with van der Waals surface area (Å²) in [5.74, 6) is 1.19. The Hall–Kier alpha value is -1.09. The number of nitrogens with one attached hydrogen (secondary N) is 1. The van der Waals surface area contributed by atoms with Crippen molar-refractivity contribution >= 4 is 5.82 Å². The van der Waals surface area contributed by atoms with Gasteiger partial charge in [-0.05, 0) is 56.8 Å². The summed E-state index contributed by atoms with van der Waals surface area (Å²) in [6, 6.07) is 3.00. The molecule has 0 amide bonds. The van der Waals surface area contributed by atoms with Gasteiger partial charge in [0, 0.05) is 25.3 Å². The third kappa shape index (κ3) is 3.72. The van der Waals surface area contributed by atoms with Crippen molar-refractivity contribution < 1.29 is 0 Å². The van der Waals surface area contributed by atoms with E-state index in [4.69, 9.17) is 4.98 Å². The predicted molar refractivity (Wildman–Crippen MR) is 86.2 cm³/mol. The second kappa shape index (κ2) is 7.63. The summed E-state index contributed by atoms with van der Waals surface area (Å²) in [5.41, 5.74) is 2.61. The molecule has 0 atom stereocenters. The average molecular weight is 275 g/mol. The minimum atomic E-state index is 0.704. The van der Waals surface area contributed by atoms with Crippen LogP contribution in [0.3, 0.4) is 0 Å². The highest BCUT2D eigenvalue weighted by molar-refractivity contribution is 5.48. The highest BCUT2D eigenvalue weighted by atomic mass is 15.2. The molecule has 0 aromatic carbocycles. The third-order valence-electron chi connectivity index (χ3n) is 4.24. The first kappa shape index (κ1) is 15.3. The summed E-state index contributed by atoms with van der Waals surface area (Å²) in [7, 11) is 0. The number of hydrogen-bond donors (Lipinski definition) is 1. The number of rotatable bonds is 7. The van der Waals surface area contributed by atoms with Crippen LogP contribution >= 0.6 is 0 Å². The molecule has 20 heavy (non-hydrogen) atoms. The molecule has 1 N–H and O–H groups in total. The fraction of sp³-hybridized carbons (Fsp3) is 0.706. The van der Waals surface area contributed by atoms with Gasteiger partial charge in [-0.25, -0.2) is 4.98 Å². The summed E-state index contributed by atoms with van der Waals surface area (Å²) in [5, 5.41) is 3.44. The fourth-order valence-corrected chi connectivity index (χ4v) is 3.23. The molecule has 0 unspecified atom stereocenters. The van der Waals surface area contributed by atoms with Crippen LogP contribution in [0.4, 0.5) is 5.82 Å². The van der Waals surface area contributed by atoms with Crippen LogP contribution in [0.15, 0.2) is 12.3 Å². The van der Waals surface area contributed by atoms with Crippen molar-refractivity contribution in [3.05, 3.63) is 23.4 Å². The Morgan fingerprint density at radius 2 is 2.05 bits per heavy atom. The van der Waals surface area contributed by atoms with Crippen LogP contribution in [0, 0.1) is 6.92 Å². The van der Waals surface area contributed by atoms with Crippen LogP contribution in [-0.4, -0.2) is 24.1 Å². The maximum Gasteiger partial charge on any atom is 0.131 e. The van der Waals surface area contributed by atoms with Gasteiger partial charge in [0.2, 0.25) is 0 Å². The molecule has 0 bridgehead atoms. The lowest BCUT2D eigenvalue weighted by Gasteiger charge is -2.30. The molecular formula is C17H29N3. The average Bonchev–Trinajstić information content (AvgIpc) is 2.96. The topological polar surface area (TPSA) is 28.2 Å². The van der Waals surface area contributed by atoms with Crippen LogP contribution in [0.25, 0.3) is 0 Å². The molecule has 2 rings (SSSR count). The first-order valence-electron chi connectivity index (χ1n) is 8.19. The molecule has 1 aliphatic carbocycles. The van der Waals surface area contributed by atoms with Gasteiger partial charge < -0.3 is 10.2 Å². The van der Waals surface area contributed by atoms with Gasteiger partial charge in [0.25, 0.3) is 0 Å². The van der Waals surface area contributed by atoms with Crippen LogP contribution < -0.4 is 10.2 Å². The largest absolute Gasteiger partial charge is 0.354 e. The maximum absolute atomic E-state index is 4.76. The molecule has 1 heterocycles. The van der Waals surface area contributed by atoms with Gasteiger partial charge in [-0.2, -0.15) is 0 Å². The maximum atomic E-state index is 4.76. The van der Waals surface area contributed by atoms with Gasteiger partial charge in [0.1, 0.15) is 5.82 Å². The third-order valence-corrected chi connectivity index (χ3v) is 4.24. The van der Waals surface area contributed by atoms with Gasteiger partial charge in [-0.15, -0.1) is 0 Å². The lowest BCUT2D eigenvalue weighted by molar-refractivity contribution is 0.610. The molecule has 0 saturated heterocycles. The van der Waals surface area contributed by atoms with Crippen molar-refractivity contribution in [1.82, 2.24) is 10.3 Å². The van der Waals surface area contributed by atoms with Gasteiger partial charge in [0.15, 0.2) is 0 Å². The van der Waals surface area contributed by atoms with Crippen molar-refractivity contribution in [2.75, 3.05) is 18.0 Å². The normalized spacial score (nSPS) is 15.8. The molecule has 0 aliphatic heterocycles. The minimum Gasteiger partial charge on any atom is -0.354 e. The van der Waals surface area contributed by atoms with Gasteiger partial charge in [0.05, 0.1) is 0 Å². The molecule has 1 aliphatic rings. The Morgan fingerprint density at radius 1 is 1.30 bits per heavy atom. The number of anilines is 1. The van der Waals surface area contributed by atoms with Crippen LogP contribution in [-0.2, 0) is 6.54 Å². The molecule has 1 aromatic rings. The Labute approximate surface area is 123 Å². The second-order valence-corrected chi connectivity index (χ2v) is 5.89. The van der Waals surface area contributed by atoms with E-state index in [0.717, 1.165) is 19.6 Å². The van der Waals surface area contributed by atoms with E-state index in [2.05, 4.69) is 37.1 Å². The zero-order chi connectivity index (χ0) is 14.4. The molecule has 1 saturated carbocycles. The quantitative estimate of drug-likeness (QED) is 0.770.